The lowest BCUT2D eigenvalue weighted by Gasteiger charge is -2.28. The number of hydrogen-bond acceptors (Lipinski definition) is 10. The summed E-state index contributed by atoms with van der Waals surface area (Å²) in [6.45, 7) is 7.76. The normalized spacial score (nSPS) is 21.1. The Morgan fingerprint density at radius 2 is 1.74 bits per heavy atom. The maximum Gasteiger partial charge on any atom is 0.203 e. The average Bonchev–Trinajstić information content (AvgIpc) is 3.39. The van der Waals surface area contributed by atoms with Crippen molar-refractivity contribution in [2.45, 2.75) is 52.7 Å². The largest absolute Gasteiger partial charge is 0.464 e. The van der Waals surface area contributed by atoms with Crippen molar-refractivity contribution in [1.82, 2.24) is 25.8 Å². The van der Waals surface area contributed by atoms with Crippen molar-refractivity contribution in [2.75, 3.05) is 14.1 Å². The Balaban J connectivity index is 1.33. The van der Waals surface area contributed by atoms with Crippen LogP contribution in [0.15, 0.2) is 48.7 Å². The van der Waals surface area contributed by atoms with E-state index < -0.39 is 0 Å². The van der Waals surface area contributed by atoms with E-state index in [0.717, 1.165) is 23.4 Å². The minimum absolute atomic E-state index is 0.0783. The van der Waals surface area contributed by atoms with Gasteiger partial charge in [-0.1, -0.05) is 0 Å². The van der Waals surface area contributed by atoms with Gasteiger partial charge in [0, 0.05) is 23.8 Å². The molecule has 5 N–H and O–H groups in total. The molecule has 2 unspecified atom stereocenters. The number of guanidine groups is 4. The summed E-state index contributed by atoms with van der Waals surface area (Å²) in [7, 11) is 3.96. The number of nitrogens with one attached hydrogen (secondary N) is 3. The molecule has 0 saturated carbocycles. The summed E-state index contributed by atoms with van der Waals surface area (Å²) in [5.41, 5.74) is 5.83. The molecule has 2 aliphatic heterocycles. The van der Waals surface area contributed by atoms with Crippen LogP contribution in [0, 0.1) is 6.92 Å². The first-order valence-electron chi connectivity index (χ1n) is 11.1. The molecular formula is C22H32N10OS. The highest BCUT2D eigenvalue weighted by Gasteiger charge is 2.19. The number of rotatable bonds is 6. The van der Waals surface area contributed by atoms with Gasteiger partial charge in [0.25, 0.3) is 0 Å². The fraction of sp³-hybridized carbons (Fsp3) is 0.455. The maximum atomic E-state index is 5.83. The Kier molecular flexibility index (Phi) is 7.06. The topological polar surface area (TPSA) is 131 Å². The Bertz CT molecular complexity index is 1130. The molecule has 4 heterocycles. The van der Waals surface area contributed by atoms with Crippen LogP contribution in [0.4, 0.5) is 0 Å². The molecule has 2 aromatic heterocycles. The second-order valence-corrected chi connectivity index (χ2v) is 9.63. The molecule has 11 nitrogen and oxygen atoms in total. The highest BCUT2D eigenvalue weighted by atomic mass is 32.1. The van der Waals surface area contributed by atoms with Gasteiger partial charge in [0.2, 0.25) is 11.9 Å². The van der Waals surface area contributed by atoms with Gasteiger partial charge in [-0.05, 0) is 45.0 Å². The van der Waals surface area contributed by atoms with Crippen LogP contribution in [0.1, 0.15) is 35.1 Å². The Hall–Kier alpha value is -3.54. The summed E-state index contributed by atoms with van der Waals surface area (Å²) in [4.78, 5) is 24.5. The van der Waals surface area contributed by atoms with Crippen LogP contribution < -0.4 is 21.7 Å². The molecule has 2 aliphatic rings. The SMILES string of the molecule is Cc1ccc(CN(C)C2=NC(C)NC(=NCc3ccc(CN(C)C4=NC(C)N=C(N)N4)s3)N2)o1. The van der Waals surface area contributed by atoms with Crippen LogP contribution in [0.3, 0.4) is 0 Å². The minimum atomic E-state index is -0.179. The van der Waals surface area contributed by atoms with E-state index in [-0.39, 0.29) is 12.3 Å². The molecule has 0 saturated heterocycles. The highest BCUT2D eigenvalue weighted by molar-refractivity contribution is 7.11. The number of aryl methyl sites for hydroxylation is 1. The highest BCUT2D eigenvalue weighted by Crippen LogP contribution is 2.19. The monoisotopic (exact) mass is 484 g/mol. The van der Waals surface area contributed by atoms with Gasteiger partial charge in [0.15, 0.2) is 11.9 Å². The lowest BCUT2D eigenvalue weighted by atomic mass is 10.4. The molecule has 4 rings (SSSR count). The zero-order chi connectivity index (χ0) is 24.2. The minimum Gasteiger partial charge on any atom is -0.464 e. The van der Waals surface area contributed by atoms with Crippen molar-refractivity contribution < 1.29 is 4.42 Å². The van der Waals surface area contributed by atoms with Gasteiger partial charge in [-0.25, -0.2) is 20.0 Å². The third-order valence-corrected chi connectivity index (χ3v) is 6.24. The molecule has 0 aliphatic carbocycles. The van der Waals surface area contributed by atoms with Gasteiger partial charge < -0.3 is 25.3 Å². The smallest absolute Gasteiger partial charge is 0.203 e. The van der Waals surface area contributed by atoms with E-state index in [9.17, 15) is 0 Å². The van der Waals surface area contributed by atoms with Crippen LogP contribution in [-0.4, -0.2) is 60.1 Å². The van der Waals surface area contributed by atoms with Crippen molar-refractivity contribution in [1.29, 1.82) is 0 Å². The van der Waals surface area contributed by atoms with Crippen molar-refractivity contribution in [3.8, 4) is 0 Å². The van der Waals surface area contributed by atoms with Crippen LogP contribution in [-0.2, 0) is 19.6 Å². The zero-order valence-electron chi connectivity index (χ0n) is 20.2. The molecule has 2 aromatic rings. The van der Waals surface area contributed by atoms with Crippen LogP contribution >= 0.6 is 11.3 Å². The van der Waals surface area contributed by atoms with Gasteiger partial charge in [0.1, 0.15) is 23.9 Å². The van der Waals surface area contributed by atoms with E-state index in [1.165, 1.54) is 9.75 Å². The summed E-state index contributed by atoms with van der Waals surface area (Å²) in [5, 5.41) is 9.60. The maximum absolute atomic E-state index is 5.83. The molecule has 0 fully saturated rings. The number of hydrogen-bond donors (Lipinski definition) is 4. The third kappa shape index (κ3) is 6.07. The van der Waals surface area contributed by atoms with E-state index in [2.05, 4.69) is 43.1 Å². The number of nitrogens with two attached hydrogens (primary N) is 1. The molecule has 0 amide bonds. The van der Waals surface area contributed by atoms with Crippen molar-refractivity contribution >= 4 is 35.2 Å². The fourth-order valence-corrected chi connectivity index (χ4v) is 4.58. The molecule has 0 radical (unpaired) electrons. The van der Waals surface area contributed by atoms with E-state index >= 15 is 0 Å². The summed E-state index contributed by atoms with van der Waals surface area (Å²) in [5.74, 6) is 4.37. The van der Waals surface area contributed by atoms with Crippen LogP contribution in [0.2, 0.25) is 0 Å². The number of aliphatic imine (C=N–C) groups is 4. The second kappa shape index (κ2) is 10.2. The van der Waals surface area contributed by atoms with Gasteiger partial charge in [-0.15, -0.1) is 11.3 Å². The Morgan fingerprint density at radius 3 is 2.47 bits per heavy atom. The lowest BCUT2D eigenvalue weighted by molar-refractivity contribution is 0.390. The van der Waals surface area contributed by atoms with Gasteiger partial charge in [0.05, 0.1) is 19.6 Å². The Labute approximate surface area is 203 Å². The molecule has 12 heteroatoms. The lowest BCUT2D eigenvalue weighted by Crippen LogP contribution is -2.54. The van der Waals surface area contributed by atoms with E-state index in [4.69, 9.17) is 15.1 Å². The molecule has 0 spiro atoms. The number of furan rings is 1. The van der Waals surface area contributed by atoms with Gasteiger partial charge in [-0.3, -0.25) is 10.6 Å². The first-order chi connectivity index (χ1) is 16.2. The predicted molar refractivity (Wildman–Crippen MR) is 137 cm³/mol. The van der Waals surface area contributed by atoms with E-state index in [0.29, 0.717) is 31.6 Å². The second-order valence-electron chi connectivity index (χ2n) is 8.38. The first-order valence-corrected chi connectivity index (χ1v) is 12.0. The van der Waals surface area contributed by atoms with Gasteiger partial charge in [-0.2, -0.15) is 0 Å². The first kappa shape index (κ1) is 23.6. The molecular weight excluding hydrogens is 452 g/mol. The molecule has 0 aromatic carbocycles. The molecule has 182 valence electrons. The van der Waals surface area contributed by atoms with Crippen LogP contribution in [0.5, 0.6) is 0 Å². The third-order valence-electron chi connectivity index (χ3n) is 5.18. The number of thiophene rings is 1. The zero-order valence-corrected chi connectivity index (χ0v) is 21.0. The molecule has 2 atom stereocenters. The molecule has 34 heavy (non-hydrogen) atoms. The van der Waals surface area contributed by atoms with Gasteiger partial charge >= 0.3 is 0 Å². The predicted octanol–water partition coefficient (Wildman–Crippen LogP) is 1.58. The summed E-state index contributed by atoms with van der Waals surface area (Å²) in [6.07, 6.45) is -0.257. The summed E-state index contributed by atoms with van der Waals surface area (Å²) < 4.78 is 5.69. The van der Waals surface area contributed by atoms with Crippen LogP contribution in [0.25, 0.3) is 0 Å². The van der Waals surface area contributed by atoms with E-state index in [1.54, 1.807) is 11.3 Å². The summed E-state index contributed by atoms with van der Waals surface area (Å²) in [6, 6.07) is 8.18. The van der Waals surface area contributed by atoms with Crippen molar-refractivity contribution in [3.63, 3.8) is 0 Å². The van der Waals surface area contributed by atoms with Crippen molar-refractivity contribution in [2.24, 2.45) is 25.7 Å². The standard InChI is InChI=1S/C22H32N10OS/c1-13-6-7-16(33-13)11-31(4)22-28-15(3)26-20(30-22)24-10-17-8-9-18(34-17)12-32(5)21-27-14(2)25-19(23)29-21/h6-9,14-15H,10-12H2,1-5H3,(H3,23,25,27,29)(H2,24,26,28,30). The number of nitrogens with zero attached hydrogens (tertiary/aromatic N) is 6. The Morgan fingerprint density at radius 1 is 1.00 bits per heavy atom. The van der Waals surface area contributed by atoms with Crippen molar-refractivity contribution in [3.05, 3.63) is 45.5 Å². The fourth-order valence-electron chi connectivity index (χ4n) is 3.58. The average molecular weight is 485 g/mol. The molecule has 0 bridgehead atoms. The van der Waals surface area contributed by atoms with E-state index in [1.807, 2.05) is 56.8 Å². The summed E-state index contributed by atoms with van der Waals surface area (Å²) >= 11 is 1.73. The quantitative estimate of drug-likeness (QED) is 0.490.